The highest BCUT2D eigenvalue weighted by Gasteiger charge is 2.40. The van der Waals surface area contributed by atoms with Crippen LogP contribution in [0, 0.1) is 10.1 Å². The standard InChI is InChI=1S/C19H32N6O5/c1-8-12-11-24(18(27)30-19(3,4)5)13(9-2)10-23(12)16-14(25(28)29)15(20-6)22(7)17(26)21-16/h12-13,20H,8-11H2,1-7H3/t12-,13+/m0/s1. The number of nitro groups is 1. The van der Waals surface area contributed by atoms with Crippen LogP contribution in [0.4, 0.5) is 22.1 Å². The van der Waals surface area contributed by atoms with Crippen molar-refractivity contribution in [1.29, 1.82) is 0 Å². The van der Waals surface area contributed by atoms with Crippen LogP contribution in [0.5, 0.6) is 0 Å². The minimum absolute atomic E-state index is 0.0292. The van der Waals surface area contributed by atoms with Gasteiger partial charge in [0.2, 0.25) is 5.82 Å². The van der Waals surface area contributed by atoms with Crippen molar-refractivity contribution in [3.05, 3.63) is 20.6 Å². The van der Waals surface area contributed by atoms with E-state index in [1.54, 1.807) is 9.80 Å². The molecule has 1 aromatic heterocycles. The largest absolute Gasteiger partial charge is 0.444 e. The molecule has 0 aromatic carbocycles. The van der Waals surface area contributed by atoms with Crippen molar-refractivity contribution in [2.24, 2.45) is 7.05 Å². The van der Waals surface area contributed by atoms with Gasteiger partial charge in [0, 0.05) is 33.2 Å². The first kappa shape index (κ1) is 23.4. The summed E-state index contributed by atoms with van der Waals surface area (Å²) in [6.07, 6.45) is 0.831. The molecule has 1 saturated heterocycles. The summed E-state index contributed by atoms with van der Waals surface area (Å²) in [4.78, 5) is 44.0. The van der Waals surface area contributed by atoms with Crippen molar-refractivity contribution in [3.63, 3.8) is 0 Å². The number of anilines is 2. The summed E-state index contributed by atoms with van der Waals surface area (Å²) in [6, 6.07) is -0.477. The Bertz CT molecular complexity index is 862. The summed E-state index contributed by atoms with van der Waals surface area (Å²) in [6.45, 7) is 9.95. The van der Waals surface area contributed by atoms with Crippen molar-refractivity contribution in [2.75, 3.05) is 30.4 Å². The van der Waals surface area contributed by atoms with E-state index in [1.807, 2.05) is 34.6 Å². The average Bonchev–Trinajstić information content (AvgIpc) is 2.66. The van der Waals surface area contributed by atoms with Crippen LogP contribution in [0.2, 0.25) is 0 Å². The Morgan fingerprint density at radius 2 is 1.87 bits per heavy atom. The van der Waals surface area contributed by atoms with Crippen LogP contribution in [-0.2, 0) is 11.8 Å². The van der Waals surface area contributed by atoms with Crippen LogP contribution in [-0.4, -0.2) is 63.3 Å². The van der Waals surface area contributed by atoms with Crippen molar-refractivity contribution in [3.8, 4) is 0 Å². The van der Waals surface area contributed by atoms with Gasteiger partial charge in [-0.3, -0.25) is 14.7 Å². The number of carbonyl (C=O) groups excluding carboxylic acids is 1. The molecule has 0 radical (unpaired) electrons. The highest BCUT2D eigenvalue weighted by Crippen LogP contribution is 2.35. The first-order valence-corrected chi connectivity index (χ1v) is 10.1. The number of aromatic nitrogens is 2. The molecule has 1 amide bonds. The van der Waals surface area contributed by atoms with Crippen molar-refractivity contribution < 1.29 is 14.5 Å². The molecule has 0 saturated carbocycles. The normalized spacial score (nSPS) is 19.6. The number of nitrogens with one attached hydrogen (secondary N) is 1. The third kappa shape index (κ3) is 4.65. The third-order valence-corrected chi connectivity index (χ3v) is 5.22. The molecule has 1 N–H and O–H groups in total. The lowest BCUT2D eigenvalue weighted by Crippen LogP contribution is -2.60. The number of nitrogens with zero attached hydrogens (tertiary/aromatic N) is 5. The van der Waals surface area contributed by atoms with Crippen LogP contribution in [0.25, 0.3) is 0 Å². The zero-order valence-electron chi connectivity index (χ0n) is 18.8. The molecule has 0 unspecified atom stereocenters. The van der Waals surface area contributed by atoms with Crippen molar-refractivity contribution >= 4 is 23.4 Å². The van der Waals surface area contributed by atoms with Gasteiger partial charge in [-0.25, -0.2) is 9.59 Å². The molecule has 2 heterocycles. The summed E-state index contributed by atoms with van der Waals surface area (Å²) >= 11 is 0. The fourth-order valence-electron chi connectivity index (χ4n) is 3.69. The van der Waals surface area contributed by atoms with Crippen LogP contribution >= 0.6 is 0 Å². The SMILES string of the molecule is CC[C@@H]1CN(c2nc(=O)n(C)c(NC)c2[N+](=O)[O-])[C@@H](CC)CN1C(=O)OC(C)(C)C. The highest BCUT2D eigenvalue weighted by atomic mass is 16.6. The molecule has 2 rings (SSSR count). The minimum Gasteiger partial charge on any atom is -0.444 e. The maximum Gasteiger partial charge on any atom is 0.410 e. The molecule has 30 heavy (non-hydrogen) atoms. The second-order valence-electron chi connectivity index (χ2n) is 8.39. The Kier molecular flexibility index (Phi) is 6.94. The second kappa shape index (κ2) is 8.88. The van der Waals surface area contributed by atoms with Crippen LogP contribution < -0.4 is 15.9 Å². The van der Waals surface area contributed by atoms with Crippen LogP contribution in [0.15, 0.2) is 4.79 Å². The summed E-state index contributed by atoms with van der Waals surface area (Å²) < 4.78 is 6.68. The van der Waals surface area contributed by atoms with Gasteiger partial charge < -0.3 is 19.9 Å². The third-order valence-electron chi connectivity index (χ3n) is 5.22. The fraction of sp³-hybridized carbons (Fsp3) is 0.737. The Morgan fingerprint density at radius 3 is 2.33 bits per heavy atom. The predicted octanol–water partition coefficient (Wildman–Crippen LogP) is 2.34. The fourth-order valence-corrected chi connectivity index (χ4v) is 3.69. The van der Waals surface area contributed by atoms with E-state index >= 15 is 0 Å². The van der Waals surface area contributed by atoms with Gasteiger partial charge in [0.1, 0.15) is 5.60 Å². The predicted molar refractivity (Wildman–Crippen MR) is 114 cm³/mol. The van der Waals surface area contributed by atoms with Gasteiger partial charge in [-0.15, -0.1) is 0 Å². The van der Waals surface area contributed by atoms with Crippen molar-refractivity contribution in [2.45, 2.75) is 65.1 Å². The van der Waals surface area contributed by atoms with Gasteiger partial charge in [0.05, 0.1) is 11.0 Å². The average molecular weight is 425 g/mol. The van der Waals surface area contributed by atoms with E-state index < -0.39 is 22.3 Å². The molecule has 11 nitrogen and oxygen atoms in total. The van der Waals surface area contributed by atoms with Gasteiger partial charge in [-0.2, -0.15) is 4.98 Å². The summed E-state index contributed by atoms with van der Waals surface area (Å²) in [5.41, 5.74) is -1.46. The minimum atomic E-state index is -0.623. The molecule has 11 heteroatoms. The topological polar surface area (TPSA) is 123 Å². The van der Waals surface area contributed by atoms with Gasteiger partial charge in [0.15, 0.2) is 5.82 Å². The number of hydrogen-bond acceptors (Lipinski definition) is 8. The molecule has 1 aromatic rings. The van der Waals surface area contributed by atoms with Gasteiger partial charge >= 0.3 is 17.5 Å². The molecular weight excluding hydrogens is 392 g/mol. The number of piperazine rings is 1. The van der Waals surface area contributed by atoms with E-state index in [-0.39, 0.29) is 29.4 Å². The van der Waals surface area contributed by atoms with E-state index in [1.165, 1.54) is 14.1 Å². The van der Waals surface area contributed by atoms with Gasteiger partial charge in [-0.05, 0) is 33.6 Å². The number of carbonyl (C=O) groups is 1. The maximum atomic E-state index is 12.8. The van der Waals surface area contributed by atoms with Gasteiger partial charge in [0.25, 0.3) is 0 Å². The Morgan fingerprint density at radius 1 is 1.27 bits per heavy atom. The zero-order valence-corrected chi connectivity index (χ0v) is 18.8. The molecule has 0 bridgehead atoms. The Balaban J connectivity index is 2.52. The number of amides is 1. The first-order valence-electron chi connectivity index (χ1n) is 10.1. The number of rotatable bonds is 5. The molecular formula is C19H32N6O5. The second-order valence-corrected chi connectivity index (χ2v) is 8.39. The highest BCUT2D eigenvalue weighted by molar-refractivity contribution is 5.73. The lowest BCUT2D eigenvalue weighted by molar-refractivity contribution is -0.383. The molecule has 2 atom stereocenters. The number of ether oxygens (including phenoxy) is 1. The molecule has 1 fully saturated rings. The smallest absolute Gasteiger partial charge is 0.410 e. The summed E-state index contributed by atoms with van der Waals surface area (Å²) in [5.74, 6) is 0.120. The molecule has 168 valence electrons. The quantitative estimate of drug-likeness (QED) is 0.564. The monoisotopic (exact) mass is 424 g/mol. The first-order chi connectivity index (χ1) is 13.9. The van der Waals surface area contributed by atoms with Crippen LogP contribution in [0.3, 0.4) is 0 Å². The molecule has 0 aliphatic carbocycles. The van der Waals surface area contributed by atoms with Crippen LogP contribution in [0.1, 0.15) is 47.5 Å². The lowest BCUT2D eigenvalue weighted by Gasteiger charge is -2.46. The zero-order chi connectivity index (χ0) is 22.8. The van der Waals surface area contributed by atoms with Gasteiger partial charge in [-0.1, -0.05) is 13.8 Å². The summed E-state index contributed by atoms with van der Waals surface area (Å²) in [7, 11) is 2.96. The Labute approximate surface area is 176 Å². The van der Waals surface area contributed by atoms with E-state index in [2.05, 4.69) is 10.3 Å². The molecule has 1 aliphatic heterocycles. The lowest BCUT2D eigenvalue weighted by atomic mass is 10.0. The van der Waals surface area contributed by atoms with E-state index in [4.69, 9.17) is 4.74 Å². The van der Waals surface area contributed by atoms with E-state index in [9.17, 15) is 19.7 Å². The Hall–Kier alpha value is -2.85. The summed E-state index contributed by atoms with van der Waals surface area (Å²) in [5, 5.41) is 14.6. The maximum absolute atomic E-state index is 12.8. The van der Waals surface area contributed by atoms with Crippen molar-refractivity contribution in [1.82, 2.24) is 14.5 Å². The molecule has 1 aliphatic rings. The van der Waals surface area contributed by atoms with E-state index in [0.717, 1.165) is 4.57 Å². The number of hydrogen-bond donors (Lipinski definition) is 1. The van der Waals surface area contributed by atoms with E-state index in [0.29, 0.717) is 25.9 Å². The molecule has 0 spiro atoms.